The molecular formula is C31H30ClN3O3S2. The van der Waals surface area contributed by atoms with E-state index in [-0.39, 0.29) is 5.91 Å². The van der Waals surface area contributed by atoms with Crippen molar-refractivity contribution in [2.45, 2.75) is 31.4 Å². The van der Waals surface area contributed by atoms with Crippen LogP contribution in [0.1, 0.15) is 32.8 Å². The SMILES string of the molecule is CN(C)C=O.Cc1cc(C)c(-c2csc(NC(=O)c3oc4ccccc4c3CSc3ccc(Cl)cc3)n2)c(C)c1. The van der Waals surface area contributed by atoms with Crippen molar-refractivity contribution in [2.24, 2.45) is 0 Å². The number of thiazole rings is 1. The minimum absolute atomic E-state index is 0.300. The van der Waals surface area contributed by atoms with Crippen LogP contribution in [0.25, 0.3) is 22.2 Å². The van der Waals surface area contributed by atoms with Gasteiger partial charge in [-0.3, -0.25) is 14.9 Å². The number of hydrogen-bond donors (Lipinski definition) is 1. The Bertz CT molecular complexity index is 1620. The van der Waals surface area contributed by atoms with Gasteiger partial charge in [0.05, 0.1) is 5.69 Å². The van der Waals surface area contributed by atoms with E-state index >= 15 is 0 Å². The highest BCUT2D eigenvalue weighted by molar-refractivity contribution is 7.98. The predicted octanol–water partition coefficient (Wildman–Crippen LogP) is 8.38. The van der Waals surface area contributed by atoms with Crippen LogP contribution in [-0.2, 0) is 10.5 Å². The van der Waals surface area contributed by atoms with E-state index in [1.165, 1.54) is 32.9 Å². The molecule has 0 radical (unpaired) electrons. The Labute approximate surface area is 247 Å². The van der Waals surface area contributed by atoms with Gasteiger partial charge in [0.15, 0.2) is 10.9 Å². The molecule has 3 aromatic carbocycles. The Balaban J connectivity index is 0.000000681. The fourth-order valence-electron chi connectivity index (χ4n) is 4.30. The average Bonchev–Trinajstić information content (AvgIpc) is 3.52. The Kier molecular flexibility index (Phi) is 9.68. The summed E-state index contributed by atoms with van der Waals surface area (Å²) in [6, 6.07) is 19.7. The van der Waals surface area contributed by atoms with Gasteiger partial charge in [0.1, 0.15) is 5.58 Å². The molecule has 0 saturated heterocycles. The number of fused-ring (bicyclic) bond motifs is 1. The Hall–Kier alpha value is -3.59. The molecule has 2 aromatic heterocycles. The van der Waals surface area contributed by atoms with Crippen molar-refractivity contribution in [2.75, 3.05) is 19.4 Å². The Morgan fingerprint density at radius 2 is 1.73 bits per heavy atom. The summed E-state index contributed by atoms with van der Waals surface area (Å²) in [7, 11) is 3.38. The molecule has 0 fully saturated rings. The second-order valence-corrected chi connectivity index (χ2v) is 11.8. The molecular weight excluding hydrogens is 562 g/mol. The number of anilines is 1. The predicted molar refractivity (Wildman–Crippen MR) is 167 cm³/mol. The van der Waals surface area contributed by atoms with Crippen molar-refractivity contribution < 1.29 is 14.0 Å². The van der Waals surface area contributed by atoms with Crippen LogP contribution in [0.5, 0.6) is 0 Å². The van der Waals surface area contributed by atoms with Crippen LogP contribution in [0.2, 0.25) is 5.02 Å². The van der Waals surface area contributed by atoms with Crippen molar-refractivity contribution in [1.82, 2.24) is 9.88 Å². The third-order valence-electron chi connectivity index (χ3n) is 5.97. The van der Waals surface area contributed by atoms with Gasteiger partial charge >= 0.3 is 0 Å². The van der Waals surface area contributed by atoms with E-state index < -0.39 is 0 Å². The normalized spacial score (nSPS) is 10.7. The lowest BCUT2D eigenvalue weighted by atomic mass is 9.98. The van der Waals surface area contributed by atoms with Gasteiger partial charge in [-0.2, -0.15) is 0 Å². The molecule has 5 aromatic rings. The van der Waals surface area contributed by atoms with Gasteiger partial charge in [-0.1, -0.05) is 47.5 Å². The van der Waals surface area contributed by atoms with Crippen LogP contribution in [0.3, 0.4) is 0 Å². The van der Waals surface area contributed by atoms with E-state index in [0.29, 0.717) is 27.3 Å². The molecule has 0 aliphatic heterocycles. The smallest absolute Gasteiger partial charge is 0.293 e. The lowest BCUT2D eigenvalue weighted by molar-refractivity contribution is -0.115. The summed E-state index contributed by atoms with van der Waals surface area (Å²) in [4.78, 5) is 30.0. The summed E-state index contributed by atoms with van der Waals surface area (Å²) in [6.45, 7) is 6.27. The summed E-state index contributed by atoms with van der Waals surface area (Å²) in [5, 5.41) is 7.11. The zero-order valence-corrected chi connectivity index (χ0v) is 25.3. The van der Waals surface area contributed by atoms with Gasteiger partial charge in [0.2, 0.25) is 6.41 Å². The zero-order valence-electron chi connectivity index (χ0n) is 22.9. The van der Waals surface area contributed by atoms with Gasteiger partial charge in [-0.05, 0) is 62.2 Å². The molecule has 1 N–H and O–H groups in total. The van der Waals surface area contributed by atoms with Crippen molar-refractivity contribution in [1.29, 1.82) is 0 Å². The topological polar surface area (TPSA) is 75.4 Å². The standard InChI is InChI=1S/C28H23ClN2O2S2.C3H7NO/c1-16-12-17(2)25(18(3)13-16)23-15-35-28(30-23)31-27(32)26-22(21-6-4-5-7-24(21)33-26)14-34-20-10-8-19(29)9-11-20;1-4(2)3-5/h4-13,15H,14H2,1-3H3,(H,30,31,32);3H,1-2H3. The van der Waals surface area contributed by atoms with Gasteiger partial charge in [0, 0.05) is 51.7 Å². The zero-order chi connectivity index (χ0) is 28.8. The number of thioether (sulfide) groups is 1. The fraction of sp³-hybridized carbons (Fsp3) is 0.194. The van der Waals surface area contributed by atoms with Crippen molar-refractivity contribution in [3.63, 3.8) is 0 Å². The third-order valence-corrected chi connectivity index (χ3v) is 8.02. The van der Waals surface area contributed by atoms with E-state index in [2.05, 4.69) is 38.2 Å². The number of nitrogens with one attached hydrogen (secondary N) is 1. The summed E-state index contributed by atoms with van der Waals surface area (Å²) in [5.74, 6) is 0.602. The number of carbonyl (C=O) groups excluding carboxylic acids is 2. The molecule has 0 unspecified atom stereocenters. The Morgan fingerprint density at radius 1 is 1.07 bits per heavy atom. The van der Waals surface area contributed by atoms with Gasteiger partial charge in [-0.25, -0.2) is 4.98 Å². The summed E-state index contributed by atoms with van der Waals surface area (Å²) in [5.41, 5.74) is 7.09. The first-order valence-electron chi connectivity index (χ1n) is 12.5. The van der Waals surface area contributed by atoms with Crippen LogP contribution in [-0.4, -0.2) is 36.3 Å². The maximum Gasteiger partial charge on any atom is 0.293 e. The highest BCUT2D eigenvalue weighted by Crippen LogP contribution is 2.34. The molecule has 0 atom stereocenters. The summed E-state index contributed by atoms with van der Waals surface area (Å²) in [6.07, 6.45) is 0.750. The van der Waals surface area contributed by atoms with Crippen molar-refractivity contribution in [3.05, 3.63) is 99.1 Å². The van der Waals surface area contributed by atoms with E-state index in [1.807, 2.05) is 53.9 Å². The largest absolute Gasteiger partial charge is 0.451 e. The number of rotatable bonds is 7. The maximum absolute atomic E-state index is 13.3. The lowest BCUT2D eigenvalue weighted by Gasteiger charge is -2.08. The number of hydrogen-bond acceptors (Lipinski definition) is 6. The average molecular weight is 592 g/mol. The molecule has 0 saturated carbocycles. The summed E-state index contributed by atoms with van der Waals surface area (Å²) >= 11 is 9.06. The molecule has 206 valence electrons. The number of furan rings is 1. The number of nitrogens with zero attached hydrogens (tertiary/aromatic N) is 2. The first kappa shape index (κ1) is 29.4. The quantitative estimate of drug-likeness (QED) is 0.152. The molecule has 0 aliphatic rings. The highest BCUT2D eigenvalue weighted by atomic mass is 35.5. The number of halogens is 1. The number of carbonyl (C=O) groups is 2. The molecule has 0 spiro atoms. The number of amides is 2. The molecule has 5 rings (SSSR count). The van der Waals surface area contributed by atoms with Crippen LogP contribution >= 0.6 is 34.7 Å². The van der Waals surface area contributed by atoms with E-state index in [1.54, 1.807) is 25.9 Å². The van der Waals surface area contributed by atoms with Crippen LogP contribution in [0, 0.1) is 20.8 Å². The van der Waals surface area contributed by atoms with Gasteiger partial charge in [-0.15, -0.1) is 23.1 Å². The van der Waals surface area contributed by atoms with Crippen LogP contribution < -0.4 is 5.32 Å². The van der Waals surface area contributed by atoms with Gasteiger partial charge < -0.3 is 9.32 Å². The fourth-order valence-corrected chi connectivity index (χ4v) is 6.04. The van der Waals surface area contributed by atoms with E-state index in [0.717, 1.165) is 33.5 Å². The van der Waals surface area contributed by atoms with E-state index in [4.69, 9.17) is 21.0 Å². The Morgan fingerprint density at radius 3 is 2.38 bits per heavy atom. The monoisotopic (exact) mass is 591 g/mol. The molecule has 6 nitrogen and oxygen atoms in total. The molecule has 0 aliphatic carbocycles. The molecule has 2 amide bonds. The van der Waals surface area contributed by atoms with Crippen LogP contribution in [0.15, 0.2) is 75.4 Å². The number of benzene rings is 3. The first-order valence-corrected chi connectivity index (χ1v) is 14.8. The number of para-hydroxylation sites is 1. The molecule has 0 bridgehead atoms. The third kappa shape index (κ3) is 7.13. The maximum atomic E-state index is 13.3. The summed E-state index contributed by atoms with van der Waals surface area (Å²) < 4.78 is 6.01. The second kappa shape index (κ2) is 13.2. The molecule has 2 heterocycles. The first-order chi connectivity index (χ1) is 19.2. The van der Waals surface area contributed by atoms with Crippen LogP contribution in [0.4, 0.5) is 5.13 Å². The van der Waals surface area contributed by atoms with Crippen molar-refractivity contribution >= 4 is 63.1 Å². The number of aryl methyl sites for hydroxylation is 3. The number of aromatic nitrogens is 1. The highest BCUT2D eigenvalue weighted by Gasteiger charge is 2.22. The minimum atomic E-state index is -0.300. The molecule has 9 heteroatoms. The second-order valence-electron chi connectivity index (χ2n) is 9.48. The molecule has 40 heavy (non-hydrogen) atoms. The van der Waals surface area contributed by atoms with Crippen molar-refractivity contribution in [3.8, 4) is 11.3 Å². The lowest BCUT2D eigenvalue weighted by Crippen LogP contribution is -2.12. The minimum Gasteiger partial charge on any atom is -0.451 e. The van der Waals surface area contributed by atoms with Gasteiger partial charge in [0.25, 0.3) is 5.91 Å². The van der Waals surface area contributed by atoms with E-state index in [9.17, 15) is 9.59 Å².